The molecule has 0 unspecified atom stereocenters. The number of urea groups is 1. The number of nitrogens with one attached hydrogen (secondary N) is 1. The highest BCUT2D eigenvalue weighted by Crippen LogP contribution is 2.29. The van der Waals surface area contributed by atoms with Crippen LogP contribution in [-0.4, -0.2) is 33.2 Å². The summed E-state index contributed by atoms with van der Waals surface area (Å²) in [4.78, 5) is 25.9. The maximum Gasteiger partial charge on any atom is 0.322 e. The molecule has 0 saturated carbocycles. The van der Waals surface area contributed by atoms with Crippen LogP contribution in [0.25, 0.3) is 11.3 Å². The van der Waals surface area contributed by atoms with E-state index in [4.69, 9.17) is 5.73 Å². The van der Waals surface area contributed by atoms with Crippen molar-refractivity contribution < 1.29 is 27.2 Å². The summed E-state index contributed by atoms with van der Waals surface area (Å²) >= 11 is 0. The zero-order chi connectivity index (χ0) is 22.3. The second kappa shape index (κ2) is 7.74. The lowest BCUT2D eigenvalue weighted by Gasteiger charge is -2.28. The van der Waals surface area contributed by atoms with Gasteiger partial charge in [-0.1, -0.05) is 12.1 Å². The Morgan fingerprint density at radius 2 is 1.81 bits per heavy atom. The molecule has 1 aliphatic rings. The number of primary amides is 1. The van der Waals surface area contributed by atoms with Gasteiger partial charge in [-0.05, 0) is 12.1 Å². The van der Waals surface area contributed by atoms with Crippen molar-refractivity contribution in [1.29, 1.82) is 0 Å². The summed E-state index contributed by atoms with van der Waals surface area (Å²) in [6.07, 6.45) is 0. The highest BCUT2D eigenvalue weighted by molar-refractivity contribution is 6.00. The van der Waals surface area contributed by atoms with E-state index in [1.165, 1.54) is 27.8 Å². The zero-order valence-electron chi connectivity index (χ0n) is 15.8. The number of aromatic nitrogens is 2. The van der Waals surface area contributed by atoms with E-state index in [9.17, 15) is 27.2 Å². The summed E-state index contributed by atoms with van der Waals surface area (Å²) in [7, 11) is 0. The van der Waals surface area contributed by atoms with E-state index in [1.54, 1.807) is 6.07 Å². The number of benzene rings is 2. The van der Waals surface area contributed by atoms with Crippen LogP contribution in [0.4, 0.5) is 28.0 Å². The first-order valence-corrected chi connectivity index (χ1v) is 9.10. The number of halogens is 4. The maximum atomic E-state index is 13.9. The molecule has 2 aromatic carbocycles. The largest absolute Gasteiger partial charge is 0.365 e. The van der Waals surface area contributed by atoms with Crippen molar-refractivity contribution in [2.75, 3.05) is 11.9 Å². The molecule has 0 spiro atoms. The molecule has 0 radical (unpaired) electrons. The van der Waals surface area contributed by atoms with Crippen LogP contribution in [0.3, 0.4) is 0 Å². The molecule has 11 heteroatoms. The van der Waals surface area contributed by atoms with Gasteiger partial charge in [-0.25, -0.2) is 22.4 Å². The third kappa shape index (κ3) is 3.81. The van der Waals surface area contributed by atoms with Gasteiger partial charge in [-0.15, -0.1) is 0 Å². The summed E-state index contributed by atoms with van der Waals surface area (Å²) in [6.45, 7) is 0.144. The van der Waals surface area contributed by atoms with Crippen LogP contribution in [0.15, 0.2) is 36.4 Å². The van der Waals surface area contributed by atoms with Crippen molar-refractivity contribution in [1.82, 2.24) is 14.7 Å². The number of nitrogens with two attached hydrogens (primary N) is 1. The van der Waals surface area contributed by atoms with Gasteiger partial charge in [0.2, 0.25) is 0 Å². The molecular formula is C20H15F4N5O2. The van der Waals surface area contributed by atoms with E-state index in [1.807, 2.05) is 0 Å². The van der Waals surface area contributed by atoms with E-state index in [2.05, 4.69) is 10.4 Å². The van der Waals surface area contributed by atoms with Gasteiger partial charge >= 0.3 is 6.03 Å². The Morgan fingerprint density at radius 3 is 2.52 bits per heavy atom. The zero-order valence-corrected chi connectivity index (χ0v) is 15.8. The van der Waals surface area contributed by atoms with E-state index in [0.29, 0.717) is 23.4 Å². The van der Waals surface area contributed by atoms with E-state index in [-0.39, 0.29) is 30.9 Å². The lowest BCUT2D eigenvalue weighted by molar-refractivity contribution is 0.0997. The minimum atomic E-state index is -1.44. The molecular weight excluding hydrogens is 418 g/mol. The number of nitrogens with zero attached hydrogens (tertiary/aromatic N) is 3. The van der Waals surface area contributed by atoms with Crippen molar-refractivity contribution >= 4 is 17.6 Å². The highest BCUT2D eigenvalue weighted by Gasteiger charge is 2.30. The maximum absolute atomic E-state index is 13.9. The first-order chi connectivity index (χ1) is 14.7. The molecule has 4 rings (SSSR count). The van der Waals surface area contributed by atoms with E-state index >= 15 is 0 Å². The van der Waals surface area contributed by atoms with Crippen LogP contribution in [0.2, 0.25) is 0 Å². The van der Waals surface area contributed by atoms with Gasteiger partial charge in [0, 0.05) is 24.2 Å². The topological polar surface area (TPSA) is 93.2 Å². The monoisotopic (exact) mass is 433 g/mol. The van der Waals surface area contributed by atoms with E-state index in [0.717, 1.165) is 0 Å². The fourth-order valence-corrected chi connectivity index (χ4v) is 3.43. The third-order valence-electron chi connectivity index (χ3n) is 4.85. The number of carbonyl (C=O) groups excluding carboxylic acids is 2. The fourth-order valence-electron chi connectivity index (χ4n) is 3.43. The second-order valence-corrected chi connectivity index (χ2v) is 6.87. The smallest absolute Gasteiger partial charge is 0.322 e. The quantitative estimate of drug-likeness (QED) is 0.491. The molecule has 0 aliphatic carbocycles. The van der Waals surface area contributed by atoms with Crippen LogP contribution < -0.4 is 11.1 Å². The number of fused-ring (bicyclic) bond motifs is 1. The van der Waals surface area contributed by atoms with E-state index < -0.39 is 40.9 Å². The second-order valence-electron chi connectivity index (χ2n) is 6.87. The van der Waals surface area contributed by atoms with Gasteiger partial charge in [0.15, 0.2) is 11.6 Å². The summed E-state index contributed by atoms with van der Waals surface area (Å²) < 4.78 is 55.7. The number of anilines is 1. The highest BCUT2D eigenvalue weighted by atomic mass is 19.2. The molecule has 160 valence electrons. The fraction of sp³-hybridized carbons (Fsp3) is 0.150. The average molecular weight is 433 g/mol. The lowest BCUT2D eigenvalue weighted by Crippen LogP contribution is -2.41. The Morgan fingerprint density at radius 1 is 1.03 bits per heavy atom. The molecule has 31 heavy (non-hydrogen) atoms. The molecule has 7 nitrogen and oxygen atoms in total. The summed E-state index contributed by atoms with van der Waals surface area (Å²) in [5, 5.41) is 6.45. The van der Waals surface area contributed by atoms with Gasteiger partial charge in [-0.3, -0.25) is 9.48 Å². The molecule has 0 fully saturated rings. The standard InChI is InChI=1S/C20H15F4N5O2/c21-11-3-1-2-10(6-11)18-16(19(25)30)15-9-28(4-5-29(15)27-18)20(31)26-14-8-12(22)7-13(23)17(14)24/h1-3,6-8H,4-5,9H2,(H2,25,30)(H,26,31). The number of hydrogen-bond donors (Lipinski definition) is 2. The molecule has 1 aliphatic heterocycles. The third-order valence-corrected chi connectivity index (χ3v) is 4.85. The molecule has 0 bridgehead atoms. The van der Waals surface area contributed by atoms with Gasteiger partial charge < -0.3 is 16.0 Å². The van der Waals surface area contributed by atoms with Gasteiger partial charge in [0.1, 0.15) is 17.3 Å². The van der Waals surface area contributed by atoms with Gasteiger partial charge in [0.25, 0.3) is 5.91 Å². The van der Waals surface area contributed by atoms with Crippen molar-refractivity contribution in [3.8, 4) is 11.3 Å². The Balaban J connectivity index is 1.64. The SMILES string of the molecule is NC(=O)c1c(-c2cccc(F)c2)nn2c1CN(C(=O)Nc1cc(F)cc(F)c1F)CC2. The van der Waals surface area contributed by atoms with Crippen LogP contribution in [0, 0.1) is 23.3 Å². The normalized spacial score (nSPS) is 13.1. The molecule has 2 heterocycles. The number of amides is 3. The molecule has 3 aromatic rings. The minimum absolute atomic E-state index is 0.0195. The van der Waals surface area contributed by atoms with Gasteiger partial charge in [-0.2, -0.15) is 5.10 Å². The summed E-state index contributed by atoms with van der Waals surface area (Å²) in [5.41, 5.74) is 5.69. The predicted octanol–water partition coefficient (Wildman–Crippen LogP) is 3.25. The van der Waals surface area contributed by atoms with Crippen molar-refractivity contribution in [3.05, 3.63) is 70.9 Å². The lowest BCUT2D eigenvalue weighted by atomic mass is 10.0. The van der Waals surface area contributed by atoms with Crippen LogP contribution >= 0.6 is 0 Å². The Bertz CT molecular complexity index is 1210. The average Bonchev–Trinajstić information content (AvgIpc) is 3.10. The number of rotatable bonds is 3. The first-order valence-electron chi connectivity index (χ1n) is 9.10. The molecule has 3 amide bonds. The predicted molar refractivity (Wildman–Crippen MR) is 102 cm³/mol. The number of hydrogen-bond acceptors (Lipinski definition) is 3. The summed E-state index contributed by atoms with van der Waals surface area (Å²) in [5.74, 6) is -5.24. The first kappa shape index (κ1) is 20.4. The summed E-state index contributed by atoms with van der Waals surface area (Å²) in [6, 6.07) is 5.64. The Labute approximate surface area is 173 Å². The molecule has 0 saturated heterocycles. The molecule has 3 N–H and O–H groups in total. The Kier molecular flexibility index (Phi) is 5.09. The van der Waals surface area contributed by atoms with Crippen LogP contribution in [-0.2, 0) is 13.1 Å². The molecule has 0 atom stereocenters. The van der Waals surface area contributed by atoms with Crippen LogP contribution in [0.5, 0.6) is 0 Å². The number of carbonyl (C=O) groups is 2. The van der Waals surface area contributed by atoms with Crippen LogP contribution in [0.1, 0.15) is 16.1 Å². The van der Waals surface area contributed by atoms with Crippen molar-refractivity contribution in [2.24, 2.45) is 5.73 Å². The van der Waals surface area contributed by atoms with Gasteiger partial charge in [0.05, 0.1) is 30.0 Å². The van der Waals surface area contributed by atoms with Crippen molar-refractivity contribution in [3.63, 3.8) is 0 Å². The minimum Gasteiger partial charge on any atom is -0.365 e. The molecule has 1 aromatic heterocycles. The van der Waals surface area contributed by atoms with Crippen molar-refractivity contribution in [2.45, 2.75) is 13.1 Å². The Hall–Kier alpha value is -3.89.